The van der Waals surface area contributed by atoms with Gasteiger partial charge in [0.05, 0.1) is 10.4 Å². The second-order valence-electron chi connectivity index (χ2n) is 5.49. The van der Waals surface area contributed by atoms with E-state index in [2.05, 4.69) is 6.92 Å². The third kappa shape index (κ3) is 2.76. The fourth-order valence-electron chi connectivity index (χ4n) is 3.07. The first-order valence-corrected chi connectivity index (χ1v) is 7.02. The molecule has 1 aromatic carbocycles. The molecule has 1 saturated carbocycles. The highest BCUT2D eigenvalue weighted by molar-refractivity contribution is 6.30. The zero-order chi connectivity index (χ0) is 14.0. The van der Waals surface area contributed by atoms with Crippen molar-refractivity contribution < 1.29 is 14.3 Å². The van der Waals surface area contributed by atoms with E-state index in [1.165, 1.54) is 6.07 Å². The Morgan fingerprint density at radius 1 is 1.58 bits per heavy atom. The van der Waals surface area contributed by atoms with Crippen LogP contribution in [0.4, 0.5) is 4.39 Å². The minimum atomic E-state index is -0.827. The maximum Gasteiger partial charge on any atom is 0.309 e. The molecule has 1 aromatic rings. The lowest BCUT2D eigenvalue weighted by Crippen LogP contribution is -2.31. The van der Waals surface area contributed by atoms with E-state index in [0.717, 1.165) is 12.8 Å². The summed E-state index contributed by atoms with van der Waals surface area (Å²) in [5.41, 5.74) is -0.418. The van der Waals surface area contributed by atoms with Crippen molar-refractivity contribution in [2.24, 2.45) is 11.3 Å². The van der Waals surface area contributed by atoms with Crippen LogP contribution in [0.2, 0.25) is 5.02 Å². The van der Waals surface area contributed by atoms with Gasteiger partial charge < -0.3 is 5.11 Å². The lowest BCUT2D eigenvalue weighted by Gasteiger charge is -2.25. The highest BCUT2D eigenvalue weighted by atomic mass is 35.5. The maximum atomic E-state index is 13.9. The summed E-state index contributed by atoms with van der Waals surface area (Å²) in [6.07, 6.45) is 3.36. The molecule has 0 bridgehead atoms. The van der Waals surface area contributed by atoms with Crippen LogP contribution in [0.3, 0.4) is 0 Å². The summed E-state index contributed by atoms with van der Waals surface area (Å²) in [4.78, 5) is 11.6. The molecule has 0 spiro atoms. The van der Waals surface area contributed by atoms with Crippen LogP contribution in [0, 0.1) is 17.2 Å². The third-order valence-corrected chi connectivity index (χ3v) is 4.59. The van der Waals surface area contributed by atoms with Gasteiger partial charge in [-0.05, 0) is 43.2 Å². The zero-order valence-electron chi connectivity index (χ0n) is 11.0. The van der Waals surface area contributed by atoms with Gasteiger partial charge in [0.15, 0.2) is 0 Å². The number of hydrogen-bond acceptors (Lipinski definition) is 1. The summed E-state index contributed by atoms with van der Waals surface area (Å²) in [6, 6.07) is 4.78. The van der Waals surface area contributed by atoms with E-state index in [1.807, 2.05) is 0 Å². The summed E-state index contributed by atoms with van der Waals surface area (Å²) in [5, 5.41) is 9.60. The van der Waals surface area contributed by atoms with Crippen molar-refractivity contribution in [1.82, 2.24) is 0 Å². The van der Waals surface area contributed by atoms with Gasteiger partial charge in [0.2, 0.25) is 0 Å². The van der Waals surface area contributed by atoms with Crippen molar-refractivity contribution in [3.05, 3.63) is 34.6 Å². The van der Waals surface area contributed by atoms with Crippen LogP contribution in [0.25, 0.3) is 0 Å². The molecule has 104 valence electrons. The summed E-state index contributed by atoms with van der Waals surface area (Å²) in [5.74, 6) is -0.870. The van der Waals surface area contributed by atoms with E-state index in [0.29, 0.717) is 24.3 Å². The summed E-state index contributed by atoms with van der Waals surface area (Å²) < 4.78 is 13.9. The molecule has 1 N–H and O–H groups in total. The molecular formula is C15H18ClFO2. The van der Waals surface area contributed by atoms with Gasteiger partial charge in [-0.2, -0.15) is 0 Å². The van der Waals surface area contributed by atoms with Gasteiger partial charge in [-0.1, -0.05) is 37.1 Å². The van der Waals surface area contributed by atoms with Crippen molar-refractivity contribution >= 4 is 17.6 Å². The monoisotopic (exact) mass is 284 g/mol. The van der Waals surface area contributed by atoms with Crippen molar-refractivity contribution in [3.8, 4) is 0 Å². The normalized spacial score (nSPS) is 26.6. The van der Waals surface area contributed by atoms with Crippen LogP contribution in [0.5, 0.6) is 0 Å². The highest BCUT2D eigenvalue weighted by Gasteiger charge is 2.45. The van der Waals surface area contributed by atoms with E-state index < -0.39 is 17.2 Å². The molecular weight excluding hydrogens is 267 g/mol. The predicted molar refractivity (Wildman–Crippen MR) is 72.8 cm³/mol. The third-order valence-electron chi connectivity index (χ3n) is 4.30. The number of carboxylic acids is 1. The fraction of sp³-hybridized carbons (Fsp3) is 0.533. The molecule has 2 nitrogen and oxygen atoms in total. The van der Waals surface area contributed by atoms with Gasteiger partial charge in [0.1, 0.15) is 5.82 Å². The first-order valence-electron chi connectivity index (χ1n) is 6.65. The van der Waals surface area contributed by atoms with E-state index in [4.69, 9.17) is 11.6 Å². The van der Waals surface area contributed by atoms with Crippen LogP contribution >= 0.6 is 11.6 Å². The summed E-state index contributed by atoms with van der Waals surface area (Å²) >= 11 is 5.76. The standard InChI is InChI=1S/C15H18ClFO2/c1-2-10-6-7-15(8-10,14(18)19)9-11-4-3-5-12(16)13(11)17/h3-5,10H,2,6-9H2,1H3,(H,18,19). The Kier molecular flexibility index (Phi) is 4.14. The van der Waals surface area contributed by atoms with Crippen LogP contribution in [0.1, 0.15) is 38.2 Å². The van der Waals surface area contributed by atoms with Gasteiger partial charge in [0.25, 0.3) is 0 Å². The quantitative estimate of drug-likeness (QED) is 0.895. The Morgan fingerprint density at radius 2 is 2.32 bits per heavy atom. The molecule has 0 radical (unpaired) electrons. The maximum absolute atomic E-state index is 13.9. The van der Waals surface area contributed by atoms with Gasteiger partial charge in [-0.3, -0.25) is 4.79 Å². The molecule has 2 unspecified atom stereocenters. The molecule has 1 fully saturated rings. The molecule has 0 heterocycles. The molecule has 0 aromatic heterocycles. The van der Waals surface area contributed by atoms with E-state index in [9.17, 15) is 14.3 Å². The molecule has 4 heteroatoms. The van der Waals surface area contributed by atoms with E-state index >= 15 is 0 Å². The van der Waals surface area contributed by atoms with Crippen LogP contribution in [0.15, 0.2) is 18.2 Å². The van der Waals surface area contributed by atoms with Crippen LogP contribution in [-0.2, 0) is 11.2 Å². The number of carbonyl (C=O) groups is 1. The SMILES string of the molecule is CCC1CCC(Cc2cccc(Cl)c2F)(C(=O)O)C1. The highest BCUT2D eigenvalue weighted by Crippen LogP contribution is 2.46. The van der Waals surface area contributed by atoms with Gasteiger partial charge in [-0.15, -0.1) is 0 Å². The molecule has 19 heavy (non-hydrogen) atoms. The number of benzene rings is 1. The molecule has 1 aliphatic rings. The molecule has 0 amide bonds. The zero-order valence-corrected chi connectivity index (χ0v) is 11.7. The Hall–Kier alpha value is -1.09. The number of aliphatic carboxylic acids is 1. The minimum absolute atomic E-state index is 0.0584. The number of hydrogen-bond donors (Lipinski definition) is 1. The second-order valence-corrected chi connectivity index (χ2v) is 5.90. The van der Waals surface area contributed by atoms with Crippen LogP contribution in [-0.4, -0.2) is 11.1 Å². The average molecular weight is 285 g/mol. The van der Waals surface area contributed by atoms with Crippen molar-refractivity contribution in [2.45, 2.75) is 39.0 Å². The summed E-state index contributed by atoms with van der Waals surface area (Å²) in [6.45, 7) is 2.07. The average Bonchev–Trinajstić information content (AvgIpc) is 2.80. The number of rotatable bonds is 4. The fourth-order valence-corrected chi connectivity index (χ4v) is 3.26. The van der Waals surface area contributed by atoms with Gasteiger partial charge in [0, 0.05) is 0 Å². The molecule has 0 aliphatic heterocycles. The topological polar surface area (TPSA) is 37.3 Å². The van der Waals surface area contributed by atoms with Gasteiger partial charge >= 0.3 is 5.97 Å². The molecule has 2 rings (SSSR count). The van der Waals surface area contributed by atoms with Gasteiger partial charge in [-0.25, -0.2) is 4.39 Å². The Bertz CT molecular complexity index is 489. The Morgan fingerprint density at radius 3 is 2.89 bits per heavy atom. The number of carboxylic acid groups (broad SMARTS) is 1. The second kappa shape index (κ2) is 5.49. The summed E-state index contributed by atoms with van der Waals surface area (Å²) in [7, 11) is 0. The van der Waals surface area contributed by atoms with Crippen molar-refractivity contribution in [2.75, 3.05) is 0 Å². The Balaban J connectivity index is 2.28. The van der Waals surface area contributed by atoms with E-state index in [-0.39, 0.29) is 11.4 Å². The number of halogens is 2. The lowest BCUT2D eigenvalue weighted by atomic mass is 9.79. The first-order chi connectivity index (χ1) is 8.98. The largest absolute Gasteiger partial charge is 0.481 e. The first kappa shape index (κ1) is 14.3. The molecule has 2 atom stereocenters. The van der Waals surface area contributed by atoms with E-state index in [1.54, 1.807) is 12.1 Å². The van der Waals surface area contributed by atoms with Crippen molar-refractivity contribution in [3.63, 3.8) is 0 Å². The van der Waals surface area contributed by atoms with Crippen LogP contribution < -0.4 is 0 Å². The minimum Gasteiger partial charge on any atom is -0.481 e. The molecule has 1 aliphatic carbocycles. The van der Waals surface area contributed by atoms with Crippen molar-refractivity contribution in [1.29, 1.82) is 0 Å². The lowest BCUT2D eigenvalue weighted by molar-refractivity contribution is -0.148. The molecule has 0 saturated heterocycles. The Labute approximate surface area is 117 Å². The predicted octanol–water partition coefficient (Wildman–Crippen LogP) is 4.30. The smallest absolute Gasteiger partial charge is 0.309 e.